The Bertz CT molecular complexity index is 1390. The standard InChI is InChI=1S/C37H50N2O8S/c1-23-15-14-19-28-34(43)29(22-30(40)35(28)48-5)39-32(41)21-27(46-4)18-12-7-6-8-13-20-31(24(2)33(23)42)47-37(45)25(3)38-36(44)26-16-10-9-11-17-26/h6-8,12-13,15,18,22,24-27,31,33,42H,9-11,14,16-17,19-21H2,1-5H3,(H,38,44)(H,39,41)/b7-6-,13-8-,18-12-,23-15-/t24-,25-,27-,31+,33-/m1/s1. The minimum Gasteiger partial charge on any atom is -0.460 e. The highest BCUT2D eigenvalue weighted by Crippen LogP contribution is 2.30. The molecule has 0 saturated heterocycles. The van der Waals surface area contributed by atoms with E-state index in [4.69, 9.17) is 9.47 Å². The lowest BCUT2D eigenvalue weighted by molar-refractivity contribution is -0.156. The molecule has 0 spiro atoms. The second-order valence-corrected chi connectivity index (χ2v) is 13.4. The van der Waals surface area contributed by atoms with Crippen molar-refractivity contribution in [2.24, 2.45) is 11.8 Å². The molecule has 1 heterocycles. The van der Waals surface area contributed by atoms with Gasteiger partial charge in [0.2, 0.25) is 17.6 Å². The summed E-state index contributed by atoms with van der Waals surface area (Å²) in [7, 11) is 1.47. The van der Waals surface area contributed by atoms with E-state index in [1.807, 2.05) is 12.2 Å². The Kier molecular flexibility index (Phi) is 15.8. The van der Waals surface area contributed by atoms with Gasteiger partial charge in [-0.25, -0.2) is 4.79 Å². The van der Waals surface area contributed by atoms with E-state index in [1.165, 1.54) is 18.9 Å². The maximum absolute atomic E-state index is 13.4. The van der Waals surface area contributed by atoms with Crippen LogP contribution in [0.3, 0.4) is 0 Å². The Morgan fingerprint density at radius 2 is 1.79 bits per heavy atom. The van der Waals surface area contributed by atoms with Crippen molar-refractivity contribution in [2.75, 3.05) is 13.4 Å². The second-order valence-electron chi connectivity index (χ2n) is 12.6. The summed E-state index contributed by atoms with van der Waals surface area (Å²) in [6.07, 6.45) is 18.6. The van der Waals surface area contributed by atoms with E-state index in [2.05, 4.69) is 10.6 Å². The molecule has 3 aliphatic rings. The summed E-state index contributed by atoms with van der Waals surface area (Å²) in [5, 5.41) is 16.7. The number of aliphatic hydroxyl groups excluding tert-OH is 1. The molecule has 1 saturated carbocycles. The van der Waals surface area contributed by atoms with Crippen molar-refractivity contribution < 1.29 is 38.6 Å². The van der Waals surface area contributed by atoms with Gasteiger partial charge in [-0.2, -0.15) is 0 Å². The Balaban J connectivity index is 1.84. The Hall–Kier alpha value is -3.54. The molecule has 3 rings (SSSR count). The molecule has 5 atom stereocenters. The predicted molar refractivity (Wildman–Crippen MR) is 186 cm³/mol. The number of rotatable bonds is 6. The Labute approximate surface area is 288 Å². The molecule has 10 nitrogen and oxygen atoms in total. The van der Waals surface area contributed by atoms with Crippen LogP contribution in [0.1, 0.15) is 78.6 Å². The summed E-state index contributed by atoms with van der Waals surface area (Å²) in [6.45, 7) is 5.18. The van der Waals surface area contributed by atoms with E-state index in [0.29, 0.717) is 28.9 Å². The van der Waals surface area contributed by atoms with Crippen LogP contribution in [-0.2, 0) is 33.4 Å². The van der Waals surface area contributed by atoms with E-state index < -0.39 is 47.9 Å². The van der Waals surface area contributed by atoms with Crippen molar-refractivity contribution in [1.29, 1.82) is 0 Å². The molecule has 2 aliphatic carbocycles. The first-order valence-electron chi connectivity index (χ1n) is 16.7. The van der Waals surface area contributed by atoms with Crippen molar-refractivity contribution in [1.82, 2.24) is 10.6 Å². The second kappa shape index (κ2) is 19.5. The zero-order valence-corrected chi connectivity index (χ0v) is 29.5. The molecule has 3 N–H and O–H groups in total. The number of Topliss-reactive ketones (excluding diaryl/α,β-unsaturated/α-hetero) is 1. The van der Waals surface area contributed by atoms with Gasteiger partial charge in [0.15, 0.2) is 5.78 Å². The Morgan fingerprint density at radius 3 is 2.48 bits per heavy atom. The van der Waals surface area contributed by atoms with Crippen LogP contribution in [0.2, 0.25) is 0 Å². The van der Waals surface area contributed by atoms with E-state index >= 15 is 0 Å². The minimum atomic E-state index is -0.977. The van der Waals surface area contributed by atoms with Crippen LogP contribution in [0, 0.1) is 11.8 Å². The highest BCUT2D eigenvalue weighted by atomic mass is 32.2. The number of methoxy groups -OCH3 is 1. The lowest BCUT2D eigenvalue weighted by Gasteiger charge is -2.29. The third-order valence-electron chi connectivity index (χ3n) is 8.99. The molecule has 0 aromatic rings. The van der Waals surface area contributed by atoms with Crippen LogP contribution in [0.15, 0.2) is 70.4 Å². The number of allylic oxidation sites excluding steroid dienone is 8. The van der Waals surface area contributed by atoms with Gasteiger partial charge in [0.1, 0.15) is 12.1 Å². The van der Waals surface area contributed by atoms with E-state index in [9.17, 15) is 29.1 Å². The monoisotopic (exact) mass is 682 g/mol. The maximum Gasteiger partial charge on any atom is 0.328 e. The average molecular weight is 683 g/mol. The summed E-state index contributed by atoms with van der Waals surface area (Å²) >= 11 is 1.18. The summed E-state index contributed by atoms with van der Waals surface area (Å²) in [5.41, 5.74) is 0.853. The van der Waals surface area contributed by atoms with Gasteiger partial charge >= 0.3 is 5.97 Å². The summed E-state index contributed by atoms with van der Waals surface area (Å²) in [6, 6.07) is -0.844. The lowest BCUT2D eigenvalue weighted by Crippen LogP contribution is -2.45. The van der Waals surface area contributed by atoms with Crippen LogP contribution < -0.4 is 10.6 Å². The summed E-state index contributed by atoms with van der Waals surface area (Å²) in [4.78, 5) is 65.3. The van der Waals surface area contributed by atoms with Crippen LogP contribution in [0.4, 0.5) is 0 Å². The fraction of sp³-hybridized carbons (Fsp3) is 0.541. The Morgan fingerprint density at radius 1 is 1.08 bits per heavy atom. The van der Waals surface area contributed by atoms with Crippen molar-refractivity contribution in [2.45, 2.75) is 103 Å². The SMILES string of the molecule is CO[C@@H]1\C=C/C=C\C=C/C[C@H](OC(=O)[C@@H](C)NC(=O)C2CCCCC2)[C@@H](C)[C@H](O)/C(C)=C\CCC2=C(SC)C(=O)C=C(NC(=O)C1)C2=O. The van der Waals surface area contributed by atoms with Crippen molar-refractivity contribution >= 4 is 41.1 Å². The molecule has 2 bridgehead atoms. The number of esters is 1. The van der Waals surface area contributed by atoms with Gasteiger partial charge in [-0.05, 0) is 51.4 Å². The molecule has 48 heavy (non-hydrogen) atoms. The smallest absolute Gasteiger partial charge is 0.328 e. The molecule has 2 amide bonds. The summed E-state index contributed by atoms with van der Waals surface area (Å²) in [5.74, 6) is -2.55. The molecule has 0 aromatic heterocycles. The third kappa shape index (κ3) is 11.3. The van der Waals surface area contributed by atoms with Gasteiger partial charge in [0, 0.05) is 37.0 Å². The number of ether oxygens (including phenoxy) is 2. The quantitative estimate of drug-likeness (QED) is 0.201. The van der Waals surface area contributed by atoms with Crippen LogP contribution >= 0.6 is 11.8 Å². The molecule has 0 radical (unpaired) electrons. The number of thioether (sulfide) groups is 1. The van der Waals surface area contributed by atoms with Gasteiger partial charge < -0.3 is 25.2 Å². The van der Waals surface area contributed by atoms with Crippen molar-refractivity contribution in [3.05, 3.63) is 70.4 Å². The van der Waals surface area contributed by atoms with Crippen molar-refractivity contribution in [3.63, 3.8) is 0 Å². The highest BCUT2D eigenvalue weighted by molar-refractivity contribution is 8.03. The molecule has 1 fully saturated rings. The number of ketones is 2. The molecule has 1 aliphatic heterocycles. The predicted octanol–water partition coefficient (Wildman–Crippen LogP) is 4.95. The fourth-order valence-electron chi connectivity index (χ4n) is 6.00. The average Bonchev–Trinajstić information content (AvgIpc) is 3.07. The van der Waals surface area contributed by atoms with Crippen molar-refractivity contribution in [3.8, 4) is 0 Å². The van der Waals surface area contributed by atoms with Crippen LogP contribution in [0.5, 0.6) is 0 Å². The zero-order chi connectivity index (χ0) is 35.2. The normalized spacial score (nSPS) is 29.2. The van der Waals surface area contributed by atoms with Crippen LogP contribution in [-0.4, -0.2) is 72.2 Å². The number of aliphatic hydroxyl groups is 1. The topological polar surface area (TPSA) is 148 Å². The first kappa shape index (κ1) is 38.9. The first-order chi connectivity index (χ1) is 23.0. The molecular formula is C37H50N2O8S. The van der Waals surface area contributed by atoms with Gasteiger partial charge in [0.25, 0.3) is 0 Å². The molecule has 262 valence electrons. The fourth-order valence-corrected chi connectivity index (χ4v) is 6.70. The van der Waals surface area contributed by atoms with E-state index in [1.54, 1.807) is 57.4 Å². The largest absolute Gasteiger partial charge is 0.460 e. The van der Waals surface area contributed by atoms with Gasteiger partial charge in [-0.3, -0.25) is 19.2 Å². The lowest BCUT2D eigenvalue weighted by atomic mass is 9.88. The number of amides is 2. The maximum atomic E-state index is 13.4. The number of fused-ring (bicyclic) bond motifs is 2. The minimum absolute atomic E-state index is 0.0613. The first-order valence-corrected chi connectivity index (χ1v) is 17.9. The summed E-state index contributed by atoms with van der Waals surface area (Å²) < 4.78 is 11.3. The van der Waals surface area contributed by atoms with E-state index in [0.717, 1.165) is 38.2 Å². The number of nitrogens with one attached hydrogen (secondary N) is 2. The molecule has 11 heteroatoms. The molecular weight excluding hydrogens is 632 g/mol. The zero-order valence-electron chi connectivity index (χ0n) is 28.7. The number of hydrogen-bond donors (Lipinski definition) is 3. The van der Waals surface area contributed by atoms with Gasteiger partial charge in [0.05, 0.1) is 29.2 Å². The van der Waals surface area contributed by atoms with E-state index in [-0.39, 0.29) is 36.1 Å². The highest BCUT2D eigenvalue weighted by Gasteiger charge is 2.32. The van der Waals surface area contributed by atoms with Gasteiger partial charge in [-0.15, -0.1) is 11.8 Å². The number of carbonyl (C=O) groups excluding carboxylic acids is 5. The third-order valence-corrected chi connectivity index (χ3v) is 9.85. The number of carbonyl (C=O) groups is 5. The molecule has 0 unspecified atom stereocenters. The van der Waals surface area contributed by atoms with Gasteiger partial charge in [-0.1, -0.05) is 68.7 Å². The van der Waals surface area contributed by atoms with Crippen LogP contribution in [0.25, 0.3) is 0 Å². The molecule has 0 aromatic carbocycles. The number of hydrogen-bond acceptors (Lipinski definition) is 9.